The number of imidazole rings is 1. The summed E-state index contributed by atoms with van der Waals surface area (Å²) < 4.78 is 24.1. The van der Waals surface area contributed by atoms with E-state index in [-0.39, 0.29) is 17.0 Å². The number of hydrogen-bond acceptors (Lipinski definition) is 9. The summed E-state index contributed by atoms with van der Waals surface area (Å²) in [6, 6.07) is 0. The van der Waals surface area contributed by atoms with Gasteiger partial charge in [0.05, 0.1) is 19.5 Å². The van der Waals surface area contributed by atoms with E-state index in [0.29, 0.717) is 35.8 Å². The predicted octanol–water partition coefficient (Wildman–Crippen LogP) is 4.95. The minimum atomic E-state index is -0.979. The van der Waals surface area contributed by atoms with Crippen molar-refractivity contribution in [2.75, 3.05) is 18.1 Å². The van der Waals surface area contributed by atoms with Crippen molar-refractivity contribution in [3.63, 3.8) is 0 Å². The first kappa shape index (κ1) is 27.1. The number of rotatable bonds is 4. The fourth-order valence-corrected chi connectivity index (χ4v) is 3.44. The average molecular weight is 512 g/mol. The van der Waals surface area contributed by atoms with E-state index in [1.54, 1.807) is 52.4 Å². The molecule has 2 aromatic heterocycles. The van der Waals surface area contributed by atoms with Crippen LogP contribution in [0.5, 0.6) is 0 Å². The molecule has 0 bridgehead atoms. The number of hydrogen-bond donors (Lipinski definition) is 0. The maximum atomic E-state index is 13.0. The fraction of sp³-hybridized carbons (Fsp3) is 0.696. The second kappa shape index (κ2) is 9.87. The maximum absolute atomic E-state index is 13.0. The van der Waals surface area contributed by atoms with Crippen LogP contribution in [0, 0.1) is 5.92 Å². The number of imide groups is 1. The second-order valence-electron chi connectivity index (χ2n) is 10.9. The van der Waals surface area contributed by atoms with E-state index in [1.807, 2.05) is 13.8 Å². The number of nitrogens with zero attached hydrogens (tertiary/aromatic N) is 5. The largest absolute Gasteiger partial charge is 0.443 e. The summed E-state index contributed by atoms with van der Waals surface area (Å²) in [4.78, 5) is 39.5. The molecule has 0 unspecified atom stereocenters. The average Bonchev–Trinajstić information content (AvgIpc) is 3.08. The van der Waals surface area contributed by atoms with Gasteiger partial charge in [-0.1, -0.05) is 11.6 Å². The van der Waals surface area contributed by atoms with Crippen molar-refractivity contribution in [2.24, 2.45) is 5.92 Å². The number of carbonyl (C=O) groups excluding carboxylic acids is 2. The number of fused-ring (bicyclic) bond motifs is 1. The minimum Gasteiger partial charge on any atom is -0.443 e. The molecule has 35 heavy (non-hydrogen) atoms. The van der Waals surface area contributed by atoms with Gasteiger partial charge in [0.1, 0.15) is 16.7 Å². The lowest BCUT2D eigenvalue weighted by Gasteiger charge is -2.35. The summed E-state index contributed by atoms with van der Waals surface area (Å²) in [5.74, 6) is -0.656. The first-order valence-corrected chi connectivity index (χ1v) is 11.8. The van der Waals surface area contributed by atoms with Gasteiger partial charge >= 0.3 is 12.2 Å². The summed E-state index contributed by atoms with van der Waals surface area (Å²) in [6.07, 6.45) is 0.370. The third-order valence-corrected chi connectivity index (χ3v) is 5.14. The highest BCUT2D eigenvalue weighted by atomic mass is 35.5. The van der Waals surface area contributed by atoms with Gasteiger partial charge < -0.3 is 23.5 Å². The van der Waals surface area contributed by atoms with Gasteiger partial charge in [0.2, 0.25) is 5.95 Å². The van der Waals surface area contributed by atoms with Crippen LogP contribution in [0.15, 0.2) is 6.33 Å². The Morgan fingerprint density at radius 1 is 1.09 bits per heavy atom. The lowest BCUT2D eigenvalue weighted by molar-refractivity contribution is -0.262. The molecular weight excluding hydrogens is 478 g/mol. The zero-order chi connectivity index (χ0) is 26.2. The van der Waals surface area contributed by atoms with Crippen LogP contribution in [0.2, 0.25) is 5.15 Å². The monoisotopic (exact) mass is 511 g/mol. The van der Waals surface area contributed by atoms with Gasteiger partial charge in [-0.2, -0.15) is 9.97 Å². The van der Waals surface area contributed by atoms with Crippen molar-refractivity contribution >= 4 is 40.9 Å². The third-order valence-electron chi connectivity index (χ3n) is 4.87. The number of amides is 2. The topological polar surface area (TPSA) is 118 Å². The fourth-order valence-electron chi connectivity index (χ4n) is 3.23. The van der Waals surface area contributed by atoms with E-state index in [1.165, 1.54) is 0 Å². The van der Waals surface area contributed by atoms with Crippen molar-refractivity contribution in [2.45, 2.75) is 85.3 Å². The lowest BCUT2D eigenvalue weighted by atomic mass is 10.1. The molecule has 1 fully saturated rings. The van der Waals surface area contributed by atoms with Crippen LogP contribution in [0.4, 0.5) is 15.5 Å². The SMILES string of the molecule is CC(C)(C)OC(=O)N(C(=O)OC(C)(C)C)c1nc(Cl)c2ncn(CCC3COC(C)(C)OC3)c2n1. The van der Waals surface area contributed by atoms with E-state index in [9.17, 15) is 9.59 Å². The van der Waals surface area contributed by atoms with Crippen LogP contribution in [0.1, 0.15) is 61.8 Å². The molecule has 1 aliphatic heterocycles. The van der Waals surface area contributed by atoms with Crippen LogP contribution < -0.4 is 4.90 Å². The Morgan fingerprint density at radius 3 is 2.14 bits per heavy atom. The molecule has 2 aromatic rings. The minimum absolute atomic E-state index is 0.00745. The predicted molar refractivity (Wildman–Crippen MR) is 129 cm³/mol. The van der Waals surface area contributed by atoms with Gasteiger partial charge in [-0.05, 0) is 61.8 Å². The summed E-state index contributed by atoms with van der Waals surface area (Å²) in [7, 11) is 0. The van der Waals surface area contributed by atoms with Crippen molar-refractivity contribution in [3.8, 4) is 0 Å². The Hall–Kier alpha value is -2.50. The molecule has 1 aliphatic rings. The standard InChI is InChI=1S/C23H34ClN5O6/c1-21(2,3)34-19(30)29(20(31)35-22(4,5)6)18-26-16(24)15-17(27-18)28(13-25-15)10-9-14-11-32-23(7,8)33-12-14/h13-14H,9-12H2,1-8H3. The van der Waals surface area contributed by atoms with Gasteiger partial charge in [0.15, 0.2) is 16.6 Å². The number of anilines is 1. The highest BCUT2D eigenvalue weighted by molar-refractivity contribution is 6.33. The zero-order valence-electron chi connectivity index (χ0n) is 21.5. The lowest BCUT2D eigenvalue weighted by Crippen LogP contribution is -2.44. The van der Waals surface area contributed by atoms with Gasteiger partial charge in [-0.25, -0.2) is 14.6 Å². The molecule has 11 nitrogen and oxygen atoms in total. The molecule has 3 rings (SSSR count). The third kappa shape index (κ3) is 7.25. The zero-order valence-corrected chi connectivity index (χ0v) is 22.3. The van der Waals surface area contributed by atoms with Gasteiger partial charge in [-0.3, -0.25) is 0 Å². The molecule has 0 atom stereocenters. The van der Waals surface area contributed by atoms with Crippen LogP contribution >= 0.6 is 11.6 Å². The van der Waals surface area contributed by atoms with Crippen LogP contribution in [-0.4, -0.2) is 61.9 Å². The van der Waals surface area contributed by atoms with Crippen LogP contribution in [-0.2, 0) is 25.5 Å². The summed E-state index contributed by atoms with van der Waals surface area (Å²) in [6.45, 7) is 15.6. The second-order valence-corrected chi connectivity index (χ2v) is 11.3. The van der Waals surface area contributed by atoms with Crippen LogP contribution in [0.3, 0.4) is 0 Å². The molecule has 0 aliphatic carbocycles. The first-order valence-electron chi connectivity index (χ1n) is 11.5. The van der Waals surface area contributed by atoms with E-state index in [2.05, 4.69) is 15.0 Å². The highest BCUT2D eigenvalue weighted by Crippen LogP contribution is 2.27. The summed E-state index contributed by atoms with van der Waals surface area (Å²) in [5, 5.41) is -0.00745. The van der Waals surface area contributed by atoms with Crippen molar-refractivity contribution in [3.05, 3.63) is 11.5 Å². The molecule has 0 N–H and O–H groups in total. The Bertz CT molecular complexity index is 1050. The maximum Gasteiger partial charge on any atom is 0.427 e. The Morgan fingerprint density at radius 2 is 1.63 bits per heavy atom. The number of aromatic nitrogens is 4. The van der Waals surface area contributed by atoms with E-state index >= 15 is 0 Å². The molecule has 12 heteroatoms. The molecule has 0 saturated carbocycles. The number of halogens is 1. The summed E-state index contributed by atoms with van der Waals surface area (Å²) in [5.41, 5.74) is -1.02. The number of ether oxygens (including phenoxy) is 4. The molecule has 2 amide bonds. The smallest absolute Gasteiger partial charge is 0.427 e. The molecule has 3 heterocycles. The highest BCUT2D eigenvalue weighted by Gasteiger charge is 2.35. The van der Waals surface area contributed by atoms with E-state index < -0.39 is 29.2 Å². The van der Waals surface area contributed by atoms with Crippen molar-refractivity contribution < 1.29 is 28.5 Å². The summed E-state index contributed by atoms with van der Waals surface area (Å²) >= 11 is 6.38. The van der Waals surface area contributed by atoms with Gasteiger partial charge in [0.25, 0.3) is 0 Å². The van der Waals surface area contributed by atoms with Crippen LogP contribution in [0.25, 0.3) is 11.2 Å². The molecular formula is C23H34ClN5O6. The Kier molecular flexibility index (Phi) is 7.64. The quantitative estimate of drug-likeness (QED) is 0.525. The molecule has 1 saturated heterocycles. The number of carbonyl (C=O) groups is 2. The Balaban J connectivity index is 1.91. The van der Waals surface area contributed by atoms with Crippen molar-refractivity contribution in [1.82, 2.24) is 19.5 Å². The van der Waals surface area contributed by atoms with Gasteiger partial charge in [0, 0.05) is 12.5 Å². The number of aryl methyl sites for hydroxylation is 1. The van der Waals surface area contributed by atoms with E-state index in [0.717, 1.165) is 6.42 Å². The first-order chi connectivity index (χ1) is 16.0. The molecule has 0 aromatic carbocycles. The van der Waals surface area contributed by atoms with Gasteiger partial charge in [-0.15, -0.1) is 4.90 Å². The molecule has 194 valence electrons. The Labute approximate surface area is 210 Å². The van der Waals surface area contributed by atoms with E-state index in [4.69, 9.17) is 30.5 Å². The molecule has 0 spiro atoms. The normalized spacial score (nSPS) is 16.8. The molecule has 0 radical (unpaired) electrons. The van der Waals surface area contributed by atoms with Crippen molar-refractivity contribution in [1.29, 1.82) is 0 Å².